The lowest BCUT2D eigenvalue weighted by Gasteiger charge is -2.34. The van der Waals surface area contributed by atoms with Crippen molar-refractivity contribution in [3.8, 4) is 0 Å². The highest BCUT2D eigenvalue weighted by Gasteiger charge is 2.38. The highest BCUT2D eigenvalue weighted by molar-refractivity contribution is 5.83. The number of ether oxygens (including phenoxy) is 3. The van der Waals surface area contributed by atoms with Crippen LogP contribution in [0.2, 0.25) is 0 Å². The van der Waals surface area contributed by atoms with E-state index in [0.717, 1.165) is 25.7 Å². The normalized spacial score (nSPS) is 17.9. The van der Waals surface area contributed by atoms with Gasteiger partial charge in [0.1, 0.15) is 0 Å². The lowest BCUT2D eigenvalue weighted by Crippen LogP contribution is -2.49. The summed E-state index contributed by atoms with van der Waals surface area (Å²) in [5, 5.41) is 2.99. The Balaban J connectivity index is 2.09. The number of nitrogens with two attached hydrogens (primary N) is 1. The molecule has 0 aromatic carbocycles. The second-order valence-electron chi connectivity index (χ2n) is 5.17. The van der Waals surface area contributed by atoms with E-state index in [4.69, 9.17) is 19.9 Å². The Hall–Kier alpha value is -0.690. The van der Waals surface area contributed by atoms with E-state index in [2.05, 4.69) is 5.32 Å². The molecule has 118 valence electrons. The van der Waals surface area contributed by atoms with Crippen molar-refractivity contribution >= 4 is 5.91 Å². The van der Waals surface area contributed by atoms with Gasteiger partial charge < -0.3 is 25.3 Å². The Morgan fingerprint density at radius 1 is 1.25 bits per heavy atom. The molecule has 6 heteroatoms. The Morgan fingerprint density at radius 3 is 2.65 bits per heavy atom. The summed E-state index contributed by atoms with van der Waals surface area (Å²) in [6, 6.07) is 0. The van der Waals surface area contributed by atoms with Gasteiger partial charge in [-0.25, -0.2) is 0 Å². The Kier molecular flexibility index (Phi) is 8.77. The van der Waals surface area contributed by atoms with E-state index in [9.17, 15) is 4.79 Å². The number of hydrogen-bond donors (Lipinski definition) is 2. The van der Waals surface area contributed by atoms with E-state index < -0.39 is 5.41 Å². The summed E-state index contributed by atoms with van der Waals surface area (Å²) in [4.78, 5) is 12.2. The van der Waals surface area contributed by atoms with Crippen LogP contribution in [-0.2, 0) is 19.0 Å². The molecule has 6 nitrogen and oxygen atoms in total. The summed E-state index contributed by atoms with van der Waals surface area (Å²) < 4.78 is 15.6. The van der Waals surface area contributed by atoms with Crippen molar-refractivity contribution in [2.45, 2.75) is 25.7 Å². The van der Waals surface area contributed by atoms with E-state index in [-0.39, 0.29) is 5.91 Å². The molecule has 1 saturated heterocycles. The molecule has 0 atom stereocenters. The van der Waals surface area contributed by atoms with Gasteiger partial charge >= 0.3 is 0 Å². The fourth-order valence-corrected chi connectivity index (χ4v) is 2.25. The SMILES string of the molecule is COCCOCCCCNC(=O)C1(CN)CCOCC1. The molecule has 0 radical (unpaired) electrons. The highest BCUT2D eigenvalue weighted by Crippen LogP contribution is 2.29. The molecule has 0 aliphatic carbocycles. The predicted molar refractivity (Wildman–Crippen MR) is 76.5 cm³/mol. The largest absolute Gasteiger partial charge is 0.382 e. The van der Waals surface area contributed by atoms with Crippen LogP contribution >= 0.6 is 0 Å². The van der Waals surface area contributed by atoms with E-state index >= 15 is 0 Å². The van der Waals surface area contributed by atoms with Crippen LogP contribution in [0.1, 0.15) is 25.7 Å². The number of methoxy groups -OCH3 is 1. The lowest BCUT2D eigenvalue weighted by atomic mass is 9.79. The van der Waals surface area contributed by atoms with Gasteiger partial charge in [0.15, 0.2) is 0 Å². The van der Waals surface area contributed by atoms with Crippen molar-refractivity contribution in [2.24, 2.45) is 11.1 Å². The van der Waals surface area contributed by atoms with Crippen molar-refractivity contribution in [3.05, 3.63) is 0 Å². The van der Waals surface area contributed by atoms with Gasteiger partial charge in [0.05, 0.1) is 18.6 Å². The average molecular weight is 288 g/mol. The molecule has 1 fully saturated rings. The van der Waals surface area contributed by atoms with Gasteiger partial charge in [0.25, 0.3) is 0 Å². The first-order valence-electron chi connectivity index (χ1n) is 7.38. The van der Waals surface area contributed by atoms with Crippen molar-refractivity contribution in [1.29, 1.82) is 0 Å². The van der Waals surface area contributed by atoms with Crippen LogP contribution in [0.25, 0.3) is 0 Å². The number of amides is 1. The van der Waals surface area contributed by atoms with Crippen molar-refractivity contribution in [1.82, 2.24) is 5.32 Å². The second kappa shape index (κ2) is 10.1. The molecule has 1 amide bonds. The summed E-state index contributed by atoms with van der Waals surface area (Å²) in [5.74, 6) is 0.0728. The number of unbranched alkanes of at least 4 members (excludes halogenated alkanes) is 1. The first kappa shape index (κ1) is 17.4. The number of hydrogen-bond acceptors (Lipinski definition) is 5. The zero-order valence-corrected chi connectivity index (χ0v) is 12.5. The lowest BCUT2D eigenvalue weighted by molar-refractivity contribution is -0.135. The molecule has 0 spiro atoms. The number of carbonyl (C=O) groups is 1. The first-order valence-corrected chi connectivity index (χ1v) is 7.38. The summed E-state index contributed by atoms with van der Waals surface area (Å²) in [7, 11) is 1.66. The number of nitrogens with one attached hydrogen (secondary N) is 1. The molecule has 1 rings (SSSR count). The maximum atomic E-state index is 12.2. The predicted octanol–water partition coefficient (Wildman–Crippen LogP) is 0.301. The molecular weight excluding hydrogens is 260 g/mol. The van der Waals surface area contributed by atoms with Gasteiger partial charge in [0, 0.05) is 40.0 Å². The third-order valence-electron chi connectivity index (χ3n) is 3.76. The maximum absolute atomic E-state index is 12.2. The number of rotatable bonds is 10. The van der Waals surface area contributed by atoms with Crippen LogP contribution in [0, 0.1) is 5.41 Å². The minimum atomic E-state index is -0.423. The van der Waals surface area contributed by atoms with E-state index in [1.807, 2.05) is 0 Å². The molecule has 0 aromatic rings. The first-order chi connectivity index (χ1) is 9.75. The van der Waals surface area contributed by atoms with Crippen LogP contribution in [0.4, 0.5) is 0 Å². The summed E-state index contributed by atoms with van der Waals surface area (Å²) in [6.07, 6.45) is 3.28. The molecule has 1 aliphatic heterocycles. The molecule has 0 saturated carbocycles. The monoisotopic (exact) mass is 288 g/mol. The van der Waals surface area contributed by atoms with Gasteiger partial charge in [-0.15, -0.1) is 0 Å². The van der Waals surface area contributed by atoms with Gasteiger partial charge in [-0.1, -0.05) is 0 Å². The zero-order valence-electron chi connectivity index (χ0n) is 12.5. The average Bonchev–Trinajstić information content (AvgIpc) is 2.50. The topological polar surface area (TPSA) is 82.8 Å². The van der Waals surface area contributed by atoms with Crippen molar-refractivity contribution in [3.63, 3.8) is 0 Å². The van der Waals surface area contributed by atoms with E-state index in [1.54, 1.807) is 7.11 Å². The molecule has 0 unspecified atom stereocenters. The summed E-state index contributed by atoms with van der Waals surface area (Å²) in [6.45, 7) is 4.26. The third-order valence-corrected chi connectivity index (χ3v) is 3.76. The van der Waals surface area contributed by atoms with Crippen LogP contribution in [0.3, 0.4) is 0 Å². The summed E-state index contributed by atoms with van der Waals surface area (Å²) >= 11 is 0. The summed E-state index contributed by atoms with van der Waals surface area (Å²) in [5.41, 5.74) is 5.37. The molecule has 20 heavy (non-hydrogen) atoms. The van der Waals surface area contributed by atoms with Gasteiger partial charge in [-0.05, 0) is 25.7 Å². The van der Waals surface area contributed by atoms with Gasteiger partial charge in [-0.3, -0.25) is 4.79 Å². The van der Waals surface area contributed by atoms with E-state index in [0.29, 0.717) is 46.1 Å². The maximum Gasteiger partial charge on any atom is 0.227 e. The minimum Gasteiger partial charge on any atom is -0.382 e. The minimum absolute atomic E-state index is 0.0728. The van der Waals surface area contributed by atoms with Crippen LogP contribution < -0.4 is 11.1 Å². The number of carbonyl (C=O) groups excluding carboxylic acids is 1. The second-order valence-corrected chi connectivity index (χ2v) is 5.17. The van der Waals surface area contributed by atoms with E-state index in [1.165, 1.54) is 0 Å². The molecule has 3 N–H and O–H groups in total. The van der Waals surface area contributed by atoms with Crippen LogP contribution in [-0.4, -0.2) is 59.1 Å². The highest BCUT2D eigenvalue weighted by atomic mass is 16.5. The fraction of sp³-hybridized carbons (Fsp3) is 0.929. The Labute approximate surface area is 121 Å². The molecule has 1 heterocycles. The quantitative estimate of drug-likeness (QED) is 0.565. The third kappa shape index (κ3) is 5.75. The molecule has 0 aromatic heterocycles. The fourth-order valence-electron chi connectivity index (χ4n) is 2.25. The molecule has 1 aliphatic rings. The zero-order chi connectivity index (χ0) is 14.7. The van der Waals surface area contributed by atoms with Gasteiger partial charge in [-0.2, -0.15) is 0 Å². The van der Waals surface area contributed by atoms with Crippen molar-refractivity contribution < 1.29 is 19.0 Å². The standard InChI is InChI=1S/C14H28N2O4/c1-18-10-11-19-7-3-2-6-16-13(17)14(12-15)4-8-20-9-5-14/h2-12,15H2,1H3,(H,16,17). The van der Waals surface area contributed by atoms with Gasteiger partial charge in [0.2, 0.25) is 5.91 Å². The Bertz CT molecular complexity index is 268. The smallest absolute Gasteiger partial charge is 0.227 e. The Morgan fingerprint density at radius 2 is 2.00 bits per heavy atom. The molecule has 0 bridgehead atoms. The van der Waals surface area contributed by atoms with Crippen LogP contribution in [0.15, 0.2) is 0 Å². The van der Waals surface area contributed by atoms with Crippen molar-refractivity contribution in [2.75, 3.05) is 53.2 Å². The van der Waals surface area contributed by atoms with Crippen LogP contribution in [0.5, 0.6) is 0 Å². The molecular formula is C14H28N2O4.